The summed E-state index contributed by atoms with van der Waals surface area (Å²) in [5.41, 5.74) is 0.583. The van der Waals surface area contributed by atoms with Gasteiger partial charge in [0.05, 0.1) is 11.4 Å². The number of fused-ring (bicyclic) bond motifs is 1. The van der Waals surface area contributed by atoms with Crippen molar-refractivity contribution < 1.29 is 18.0 Å². The Morgan fingerprint density at radius 3 is 2.56 bits per heavy atom. The molecule has 0 unspecified atom stereocenters. The van der Waals surface area contributed by atoms with Crippen molar-refractivity contribution >= 4 is 17.3 Å². The summed E-state index contributed by atoms with van der Waals surface area (Å²) in [7, 11) is 1.31. The van der Waals surface area contributed by atoms with Gasteiger partial charge in [-0.3, -0.25) is 10.1 Å². The predicted molar refractivity (Wildman–Crippen MR) is 51.5 cm³/mol. The second kappa shape index (κ2) is 3.40. The fraction of sp³-hybridized carbons (Fsp3) is 0.300. The molecule has 0 spiro atoms. The van der Waals surface area contributed by atoms with Gasteiger partial charge in [0.15, 0.2) is 0 Å². The molecule has 2 rings (SSSR count). The lowest BCUT2D eigenvalue weighted by atomic mass is 10.1. The number of amides is 1. The van der Waals surface area contributed by atoms with Crippen LogP contribution in [0, 0.1) is 0 Å². The summed E-state index contributed by atoms with van der Waals surface area (Å²) in [4.78, 5) is 12.4. The van der Waals surface area contributed by atoms with Gasteiger partial charge in [-0.2, -0.15) is 13.2 Å². The van der Waals surface area contributed by atoms with Crippen molar-refractivity contribution in [3.8, 4) is 0 Å². The highest BCUT2D eigenvalue weighted by Gasteiger charge is 2.50. The zero-order chi connectivity index (χ0) is 11.9. The van der Waals surface area contributed by atoms with Crippen LogP contribution in [0.15, 0.2) is 24.3 Å². The molecule has 0 aliphatic carbocycles. The van der Waals surface area contributed by atoms with Crippen LogP contribution >= 0.6 is 0 Å². The first-order chi connectivity index (χ1) is 7.41. The molecule has 1 heterocycles. The highest BCUT2D eigenvalue weighted by atomic mass is 19.4. The fourth-order valence-electron chi connectivity index (χ4n) is 1.57. The van der Waals surface area contributed by atoms with E-state index in [1.807, 2.05) is 0 Å². The summed E-state index contributed by atoms with van der Waals surface area (Å²) in [5, 5.41) is 3.43. The SMILES string of the molecule is CN1C(=O)[C@H](C(F)(F)F)[N]c2ccccc21. The second-order valence-electron chi connectivity index (χ2n) is 3.46. The van der Waals surface area contributed by atoms with Crippen LogP contribution in [0.3, 0.4) is 0 Å². The fourth-order valence-corrected chi connectivity index (χ4v) is 1.57. The van der Waals surface area contributed by atoms with Crippen molar-refractivity contribution in [2.75, 3.05) is 11.9 Å². The maximum atomic E-state index is 12.5. The Bertz CT molecular complexity index is 430. The third kappa shape index (κ3) is 1.60. The number of carbonyl (C=O) groups is 1. The van der Waals surface area contributed by atoms with E-state index in [4.69, 9.17) is 0 Å². The van der Waals surface area contributed by atoms with E-state index in [0.717, 1.165) is 4.90 Å². The van der Waals surface area contributed by atoms with Gasteiger partial charge in [-0.25, -0.2) is 0 Å². The number of hydrogen-bond acceptors (Lipinski definition) is 1. The van der Waals surface area contributed by atoms with Crippen LogP contribution in [-0.2, 0) is 4.79 Å². The van der Waals surface area contributed by atoms with Crippen LogP contribution in [0.25, 0.3) is 0 Å². The third-order valence-corrected chi connectivity index (χ3v) is 2.39. The monoisotopic (exact) mass is 229 g/mol. The van der Waals surface area contributed by atoms with Gasteiger partial charge < -0.3 is 4.90 Å². The lowest BCUT2D eigenvalue weighted by Gasteiger charge is -2.31. The van der Waals surface area contributed by atoms with Gasteiger partial charge in [0, 0.05) is 7.05 Å². The van der Waals surface area contributed by atoms with Gasteiger partial charge in [-0.15, -0.1) is 0 Å². The molecule has 0 bridgehead atoms. The number of likely N-dealkylation sites (N-methyl/N-ethyl adjacent to an activating group) is 1. The molecule has 3 nitrogen and oxygen atoms in total. The quantitative estimate of drug-likeness (QED) is 0.668. The van der Waals surface area contributed by atoms with Crippen molar-refractivity contribution in [3.63, 3.8) is 0 Å². The third-order valence-electron chi connectivity index (χ3n) is 2.39. The van der Waals surface area contributed by atoms with Crippen LogP contribution in [0.5, 0.6) is 0 Å². The molecular formula is C10H8F3N2O. The molecule has 0 saturated heterocycles. The Balaban J connectivity index is 2.44. The van der Waals surface area contributed by atoms with Crippen molar-refractivity contribution in [2.45, 2.75) is 12.2 Å². The molecule has 6 heteroatoms. The standard InChI is InChI=1S/C10H8F3N2O/c1-15-7-5-3-2-4-6(7)14-8(9(15)16)10(11,12)13/h2-5,8H,1H3/t8-/m1/s1. The number of halogens is 3. The Hall–Kier alpha value is -1.72. The summed E-state index contributed by atoms with van der Waals surface area (Å²) in [5.74, 6) is -1.05. The average Bonchev–Trinajstić information content (AvgIpc) is 2.22. The zero-order valence-electron chi connectivity index (χ0n) is 8.32. The van der Waals surface area contributed by atoms with Gasteiger partial charge in [0.2, 0.25) is 6.04 Å². The highest BCUT2D eigenvalue weighted by Crippen LogP contribution is 2.35. The Morgan fingerprint density at radius 1 is 1.31 bits per heavy atom. The normalized spacial score (nSPS) is 20.4. The number of para-hydroxylation sites is 2. The summed E-state index contributed by atoms with van der Waals surface area (Å²) in [6.45, 7) is 0. The van der Waals surface area contributed by atoms with E-state index in [2.05, 4.69) is 5.32 Å². The molecule has 0 N–H and O–H groups in total. The average molecular weight is 229 g/mol. The largest absolute Gasteiger partial charge is 0.419 e. The Labute approximate surface area is 89.9 Å². The van der Waals surface area contributed by atoms with E-state index in [1.54, 1.807) is 18.2 Å². The molecule has 1 aromatic rings. The molecule has 1 amide bonds. The van der Waals surface area contributed by atoms with Crippen molar-refractivity contribution in [1.82, 2.24) is 5.32 Å². The van der Waals surface area contributed by atoms with E-state index in [9.17, 15) is 18.0 Å². The van der Waals surface area contributed by atoms with Crippen LogP contribution in [0.1, 0.15) is 0 Å². The maximum absolute atomic E-state index is 12.5. The molecule has 1 radical (unpaired) electrons. The lowest BCUT2D eigenvalue weighted by molar-refractivity contribution is -0.165. The minimum Gasteiger partial charge on any atom is -0.311 e. The smallest absolute Gasteiger partial charge is 0.311 e. The molecule has 0 saturated carbocycles. The van der Waals surface area contributed by atoms with Gasteiger partial charge in [-0.1, -0.05) is 12.1 Å². The zero-order valence-corrected chi connectivity index (χ0v) is 8.32. The minimum absolute atomic E-state index is 0.187. The van der Waals surface area contributed by atoms with Crippen molar-refractivity contribution in [1.29, 1.82) is 0 Å². The molecule has 1 atom stereocenters. The number of anilines is 1. The second-order valence-corrected chi connectivity index (χ2v) is 3.46. The molecule has 85 valence electrons. The van der Waals surface area contributed by atoms with E-state index in [0.29, 0.717) is 5.69 Å². The van der Waals surface area contributed by atoms with Crippen LogP contribution in [-0.4, -0.2) is 25.2 Å². The molecule has 16 heavy (non-hydrogen) atoms. The Morgan fingerprint density at radius 2 is 1.94 bits per heavy atom. The summed E-state index contributed by atoms with van der Waals surface area (Å²) >= 11 is 0. The first kappa shape index (κ1) is 10.8. The first-order valence-electron chi connectivity index (χ1n) is 4.55. The van der Waals surface area contributed by atoms with E-state index in [-0.39, 0.29) is 5.69 Å². The molecule has 0 fully saturated rings. The molecular weight excluding hydrogens is 221 g/mol. The number of carbonyl (C=O) groups excluding carboxylic acids is 1. The number of hydrogen-bond donors (Lipinski definition) is 0. The maximum Gasteiger partial charge on any atom is 0.419 e. The van der Waals surface area contributed by atoms with Crippen molar-refractivity contribution in [3.05, 3.63) is 24.3 Å². The number of benzene rings is 1. The minimum atomic E-state index is -4.64. The van der Waals surface area contributed by atoms with Crippen LogP contribution in [0.2, 0.25) is 0 Å². The van der Waals surface area contributed by atoms with E-state index < -0.39 is 18.1 Å². The predicted octanol–water partition coefficient (Wildman–Crippen LogP) is 1.83. The summed E-state index contributed by atoms with van der Waals surface area (Å²) in [6, 6.07) is 3.96. The van der Waals surface area contributed by atoms with Gasteiger partial charge in [0.25, 0.3) is 5.91 Å². The van der Waals surface area contributed by atoms with Crippen LogP contribution in [0.4, 0.5) is 24.5 Å². The van der Waals surface area contributed by atoms with E-state index >= 15 is 0 Å². The first-order valence-corrected chi connectivity index (χ1v) is 4.55. The molecule has 0 aromatic heterocycles. The highest BCUT2D eigenvalue weighted by molar-refractivity contribution is 6.02. The number of alkyl halides is 3. The lowest BCUT2D eigenvalue weighted by Crippen LogP contribution is -2.52. The van der Waals surface area contributed by atoms with Crippen LogP contribution < -0.4 is 10.2 Å². The number of nitrogens with zero attached hydrogens (tertiary/aromatic N) is 2. The van der Waals surface area contributed by atoms with Gasteiger partial charge in [0.1, 0.15) is 0 Å². The Kier molecular flexibility index (Phi) is 2.29. The molecule has 1 aliphatic heterocycles. The summed E-state index contributed by atoms with van der Waals surface area (Å²) < 4.78 is 37.6. The van der Waals surface area contributed by atoms with E-state index in [1.165, 1.54) is 13.1 Å². The molecule has 1 aromatic carbocycles. The van der Waals surface area contributed by atoms with Crippen molar-refractivity contribution in [2.24, 2.45) is 0 Å². The van der Waals surface area contributed by atoms with Gasteiger partial charge in [-0.05, 0) is 12.1 Å². The molecule has 1 aliphatic rings. The topological polar surface area (TPSA) is 34.4 Å². The number of rotatable bonds is 0. The van der Waals surface area contributed by atoms with Gasteiger partial charge >= 0.3 is 6.18 Å². The summed E-state index contributed by atoms with van der Waals surface area (Å²) in [6.07, 6.45) is -4.64.